The summed E-state index contributed by atoms with van der Waals surface area (Å²) < 4.78 is 10.8. The fourth-order valence-electron chi connectivity index (χ4n) is 2.74. The Kier molecular flexibility index (Phi) is 4.63. The molecule has 23 heavy (non-hydrogen) atoms. The summed E-state index contributed by atoms with van der Waals surface area (Å²) in [6, 6.07) is 7.68. The Balaban J connectivity index is 1.76. The van der Waals surface area contributed by atoms with Crippen molar-refractivity contribution in [2.45, 2.75) is 26.1 Å². The van der Waals surface area contributed by atoms with Crippen molar-refractivity contribution in [3.63, 3.8) is 0 Å². The topological polar surface area (TPSA) is 51.7 Å². The molecule has 0 radical (unpaired) electrons. The molecule has 1 aromatic heterocycles. The third kappa shape index (κ3) is 3.54. The first-order valence-electron chi connectivity index (χ1n) is 7.61. The molecule has 3 rings (SSSR count). The molecule has 0 N–H and O–H groups in total. The first-order valence-corrected chi connectivity index (χ1v) is 8.49. The second-order valence-electron chi connectivity index (χ2n) is 5.73. The van der Waals surface area contributed by atoms with Gasteiger partial charge in [0.15, 0.2) is 0 Å². The van der Waals surface area contributed by atoms with E-state index in [1.807, 2.05) is 48.4 Å². The normalized spacial score (nSPS) is 21.3. The highest BCUT2D eigenvalue weighted by Gasteiger charge is 2.27. The van der Waals surface area contributed by atoms with Crippen LogP contribution in [0.3, 0.4) is 0 Å². The van der Waals surface area contributed by atoms with Crippen molar-refractivity contribution in [3.8, 4) is 16.3 Å². The SMILES string of the molecule is COc1ccc(-c2nc(C(=O)N3CC(C)OC(C)C3)cs2)cc1. The summed E-state index contributed by atoms with van der Waals surface area (Å²) in [5.41, 5.74) is 1.49. The molecule has 6 heteroatoms. The average molecular weight is 332 g/mol. The van der Waals surface area contributed by atoms with Crippen molar-refractivity contribution in [1.82, 2.24) is 9.88 Å². The molecule has 0 saturated carbocycles. The Morgan fingerprint density at radius 1 is 1.26 bits per heavy atom. The van der Waals surface area contributed by atoms with Gasteiger partial charge in [0, 0.05) is 24.0 Å². The van der Waals surface area contributed by atoms with E-state index in [1.165, 1.54) is 11.3 Å². The molecule has 5 nitrogen and oxygen atoms in total. The third-order valence-electron chi connectivity index (χ3n) is 3.77. The summed E-state index contributed by atoms with van der Waals surface area (Å²) in [5.74, 6) is 0.779. The van der Waals surface area contributed by atoms with Gasteiger partial charge in [-0.2, -0.15) is 0 Å². The molecule has 1 aliphatic rings. The van der Waals surface area contributed by atoms with Crippen LogP contribution in [0.25, 0.3) is 10.6 Å². The molecule has 1 saturated heterocycles. The molecule has 2 unspecified atom stereocenters. The maximum atomic E-state index is 12.6. The summed E-state index contributed by atoms with van der Waals surface area (Å²) >= 11 is 1.48. The highest BCUT2D eigenvalue weighted by atomic mass is 32.1. The van der Waals surface area contributed by atoms with Crippen molar-refractivity contribution in [2.24, 2.45) is 0 Å². The second kappa shape index (κ2) is 6.68. The minimum absolute atomic E-state index is 0.0250. The standard InChI is InChI=1S/C17H20N2O3S/c1-11-8-19(9-12(2)22-11)17(20)15-10-23-16(18-15)13-4-6-14(21-3)7-5-13/h4-7,10-12H,8-9H2,1-3H3. The van der Waals surface area contributed by atoms with Gasteiger partial charge in [0.2, 0.25) is 0 Å². The minimum Gasteiger partial charge on any atom is -0.497 e. The van der Waals surface area contributed by atoms with E-state index in [-0.39, 0.29) is 18.1 Å². The fraction of sp³-hybridized carbons (Fsp3) is 0.412. The van der Waals surface area contributed by atoms with Crippen LogP contribution in [0.1, 0.15) is 24.3 Å². The van der Waals surface area contributed by atoms with E-state index in [1.54, 1.807) is 7.11 Å². The maximum absolute atomic E-state index is 12.6. The van der Waals surface area contributed by atoms with Gasteiger partial charge in [-0.05, 0) is 38.1 Å². The lowest BCUT2D eigenvalue weighted by atomic mass is 10.2. The molecule has 1 amide bonds. The molecule has 0 aliphatic carbocycles. The van der Waals surface area contributed by atoms with E-state index >= 15 is 0 Å². The molecule has 2 atom stereocenters. The number of methoxy groups -OCH3 is 1. The number of hydrogen-bond donors (Lipinski definition) is 0. The van der Waals surface area contributed by atoms with E-state index in [0.29, 0.717) is 18.8 Å². The van der Waals surface area contributed by atoms with Crippen molar-refractivity contribution in [2.75, 3.05) is 20.2 Å². The van der Waals surface area contributed by atoms with Gasteiger partial charge in [0.05, 0.1) is 19.3 Å². The molecule has 0 bridgehead atoms. The number of amides is 1. The Morgan fingerprint density at radius 2 is 1.91 bits per heavy atom. The lowest BCUT2D eigenvalue weighted by Gasteiger charge is -2.34. The number of hydrogen-bond acceptors (Lipinski definition) is 5. The van der Waals surface area contributed by atoms with Crippen LogP contribution in [0.4, 0.5) is 0 Å². The van der Waals surface area contributed by atoms with Gasteiger partial charge in [0.1, 0.15) is 16.5 Å². The monoisotopic (exact) mass is 332 g/mol. The van der Waals surface area contributed by atoms with E-state index in [0.717, 1.165) is 16.3 Å². The molecule has 1 aromatic carbocycles. The van der Waals surface area contributed by atoms with Crippen molar-refractivity contribution in [1.29, 1.82) is 0 Å². The van der Waals surface area contributed by atoms with Crippen LogP contribution in [-0.4, -0.2) is 48.2 Å². The Labute approximate surface area is 139 Å². The van der Waals surface area contributed by atoms with Gasteiger partial charge < -0.3 is 14.4 Å². The molecule has 2 heterocycles. The van der Waals surface area contributed by atoms with Gasteiger partial charge in [-0.1, -0.05) is 0 Å². The number of carbonyl (C=O) groups excluding carboxylic acids is 1. The highest BCUT2D eigenvalue weighted by molar-refractivity contribution is 7.13. The van der Waals surface area contributed by atoms with Crippen LogP contribution >= 0.6 is 11.3 Å². The molecule has 2 aromatic rings. The second-order valence-corrected chi connectivity index (χ2v) is 6.59. The number of nitrogens with zero attached hydrogens (tertiary/aromatic N) is 2. The Hall–Kier alpha value is -1.92. The predicted octanol–water partition coefficient (Wildman–Crippen LogP) is 3.07. The van der Waals surface area contributed by atoms with Crippen molar-refractivity contribution < 1.29 is 14.3 Å². The Morgan fingerprint density at radius 3 is 2.52 bits per heavy atom. The van der Waals surface area contributed by atoms with Gasteiger partial charge in [-0.25, -0.2) is 4.98 Å². The summed E-state index contributed by atoms with van der Waals surface area (Å²) in [5, 5.41) is 2.66. The number of benzene rings is 1. The first kappa shape index (κ1) is 16.0. The van der Waals surface area contributed by atoms with E-state index in [4.69, 9.17) is 9.47 Å². The number of aromatic nitrogens is 1. The summed E-state index contributed by atoms with van der Waals surface area (Å²) in [4.78, 5) is 19.0. The van der Waals surface area contributed by atoms with Crippen molar-refractivity contribution >= 4 is 17.2 Å². The van der Waals surface area contributed by atoms with Gasteiger partial charge in [0.25, 0.3) is 5.91 Å². The largest absolute Gasteiger partial charge is 0.497 e. The van der Waals surface area contributed by atoms with Crippen LogP contribution in [0, 0.1) is 0 Å². The van der Waals surface area contributed by atoms with Gasteiger partial charge in [-0.3, -0.25) is 4.79 Å². The average Bonchev–Trinajstić information content (AvgIpc) is 3.03. The zero-order valence-corrected chi connectivity index (χ0v) is 14.3. The molecular weight excluding hydrogens is 312 g/mol. The zero-order valence-electron chi connectivity index (χ0n) is 13.5. The number of morpholine rings is 1. The zero-order chi connectivity index (χ0) is 16.4. The van der Waals surface area contributed by atoms with E-state index in [2.05, 4.69) is 4.98 Å². The number of thiazole rings is 1. The highest BCUT2D eigenvalue weighted by Crippen LogP contribution is 2.26. The number of rotatable bonds is 3. The van der Waals surface area contributed by atoms with E-state index < -0.39 is 0 Å². The lowest BCUT2D eigenvalue weighted by molar-refractivity contribution is -0.0587. The van der Waals surface area contributed by atoms with Crippen LogP contribution in [-0.2, 0) is 4.74 Å². The quantitative estimate of drug-likeness (QED) is 0.867. The lowest BCUT2D eigenvalue weighted by Crippen LogP contribution is -2.48. The van der Waals surface area contributed by atoms with Crippen LogP contribution in [0.2, 0.25) is 0 Å². The number of ether oxygens (including phenoxy) is 2. The van der Waals surface area contributed by atoms with E-state index in [9.17, 15) is 4.79 Å². The minimum atomic E-state index is -0.0250. The maximum Gasteiger partial charge on any atom is 0.273 e. The summed E-state index contributed by atoms with van der Waals surface area (Å²) in [7, 11) is 1.64. The Bertz CT molecular complexity index is 673. The first-order chi connectivity index (χ1) is 11.1. The van der Waals surface area contributed by atoms with Crippen LogP contribution in [0.5, 0.6) is 5.75 Å². The van der Waals surface area contributed by atoms with Gasteiger partial charge >= 0.3 is 0 Å². The number of carbonyl (C=O) groups is 1. The summed E-state index contributed by atoms with van der Waals surface area (Å²) in [6.07, 6.45) is 0.116. The molecule has 0 spiro atoms. The van der Waals surface area contributed by atoms with Crippen molar-refractivity contribution in [3.05, 3.63) is 35.3 Å². The van der Waals surface area contributed by atoms with Gasteiger partial charge in [-0.15, -0.1) is 11.3 Å². The molecule has 1 fully saturated rings. The predicted molar refractivity (Wildman–Crippen MR) is 90.0 cm³/mol. The smallest absolute Gasteiger partial charge is 0.273 e. The summed E-state index contributed by atoms with van der Waals surface area (Å²) in [6.45, 7) is 5.19. The van der Waals surface area contributed by atoms with Crippen LogP contribution in [0.15, 0.2) is 29.6 Å². The molecule has 1 aliphatic heterocycles. The molecule has 122 valence electrons. The fourth-order valence-corrected chi connectivity index (χ4v) is 3.54. The third-order valence-corrected chi connectivity index (χ3v) is 4.66. The van der Waals surface area contributed by atoms with Crippen LogP contribution < -0.4 is 4.74 Å². The molecular formula is C17H20N2O3S.